The van der Waals surface area contributed by atoms with E-state index in [1.807, 2.05) is 20.8 Å². The summed E-state index contributed by atoms with van der Waals surface area (Å²) in [6, 6.07) is 4.39. The van der Waals surface area contributed by atoms with E-state index in [-0.39, 0.29) is 52.7 Å². The van der Waals surface area contributed by atoms with Crippen molar-refractivity contribution in [2.75, 3.05) is 13.1 Å². The molecular formula is C20H31ClN2O4S. The van der Waals surface area contributed by atoms with Crippen LogP contribution in [-0.4, -0.2) is 50.0 Å². The number of rotatable bonds is 7. The molecule has 1 N–H and O–H groups in total. The topological polar surface area (TPSA) is 75.7 Å². The summed E-state index contributed by atoms with van der Waals surface area (Å²) in [5, 5.41) is 3.04. The molecule has 1 heterocycles. The second kappa shape index (κ2) is 9.57. The average Bonchev–Trinajstić information content (AvgIpc) is 2.59. The molecule has 1 amide bonds. The highest BCUT2D eigenvalue weighted by Gasteiger charge is 2.33. The fourth-order valence-electron chi connectivity index (χ4n) is 3.27. The second-order valence-corrected chi connectivity index (χ2v) is 10.4. The van der Waals surface area contributed by atoms with E-state index in [0.29, 0.717) is 5.92 Å². The SMILES string of the molecule is CC(C)CCC(C)NC(=O)c1ccc(Cl)c(S(=O)(=O)N2CC(C)OC(C)C2)c1. The molecule has 1 aliphatic rings. The van der Waals surface area contributed by atoms with E-state index >= 15 is 0 Å². The number of nitrogens with zero attached hydrogens (tertiary/aromatic N) is 1. The Morgan fingerprint density at radius 2 is 1.82 bits per heavy atom. The van der Waals surface area contributed by atoms with Gasteiger partial charge in [0.05, 0.1) is 17.2 Å². The van der Waals surface area contributed by atoms with Gasteiger partial charge in [-0.2, -0.15) is 4.31 Å². The van der Waals surface area contributed by atoms with Crippen LogP contribution in [0.15, 0.2) is 23.1 Å². The quantitative estimate of drug-likeness (QED) is 0.715. The number of amides is 1. The molecule has 6 nitrogen and oxygen atoms in total. The molecule has 0 aromatic heterocycles. The van der Waals surface area contributed by atoms with E-state index in [4.69, 9.17) is 16.3 Å². The second-order valence-electron chi connectivity index (χ2n) is 8.07. The van der Waals surface area contributed by atoms with Crippen molar-refractivity contribution in [2.45, 2.75) is 70.6 Å². The zero-order valence-electron chi connectivity index (χ0n) is 17.2. The Labute approximate surface area is 173 Å². The molecule has 0 radical (unpaired) electrons. The number of hydrogen-bond acceptors (Lipinski definition) is 4. The minimum atomic E-state index is -3.82. The maximum atomic E-state index is 13.1. The predicted molar refractivity (Wildman–Crippen MR) is 111 cm³/mol. The first-order chi connectivity index (χ1) is 13.0. The number of morpholine rings is 1. The van der Waals surface area contributed by atoms with Gasteiger partial charge in [0, 0.05) is 24.7 Å². The number of carbonyl (C=O) groups excluding carboxylic acids is 1. The first kappa shape index (κ1) is 23.1. The summed E-state index contributed by atoms with van der Waals surface area (Å²) < 4.78 is 33.3. The van der Waals surface area contributed by atoms with Crippen LogP contribution in [0.25, 0.3) is 0 Å². The van der Waals surface area contributed by atoms with E-state index in [1.165, 1.54) is 16.4 Å². The van der Waals surface area contributed by atoms with Crippen LogP contribution in [0.5, 0.6) is 0 Å². The van der Waals surface area contributed by atoms with Crippen molar-refractivity contribution < 1.29 is 17.9 Å². The molecule has 28 heavy (non-hydrogen) atoms. The zero-order chi connectivity index (χ0) is 21.1. The van der Waals surface area contributed by atoms with Crippen LogP contribution in [0.2, 0.25) is 5.02 Å². The number of carbonyl (C=O) groups is 1. The van der Waals surface area contributed by atoms with Gasteiger partial charge in [0.25, 0.3) is 5.91 Å². The molecule has 158 valence electrons. The Morgan fingerprint density at radius 3 is 2.39 bits per heavy atom. The summed E-state index contributed by atoms with van der Waals surface area (Å²) in [4.78, 5) is 12.5. The highest BCUT2D eigenvalue weighted by molar-refractivity contribution is 7.89. The van der Waals surface area contributed by atoms with Gasteiger partial charge >= 0.3 is 0 Å². The van der Waals surface area contributed by atoms with E-state index in [1.54, 1.807) is 6.07 Å². The van der Waals surface area contributed by atoms with Gasteiger partial charge in [0.15, 0.2) is 0 Å². The number of sulfonamides is 1. The first-order valence-corrected chi connectivity index (χ1v) is 11.6. The fourth-order valence-corrected chi connectivity index (χ4v) is 5.36. The molecule has 1 aliphatic heterocycles. The van der Waals surface area contributed by atoms with Gasteiger partial charge in [-0.15, -0.1) is 0 Å². The highest BCUT2D eigenvalue weighted by Crippen LogP contribution is 2.28. The number of ether oxygens (including phenoxy) is 1. The van der Waals surface area contributed by atoms with Gasteiger partial charge in [0.1, 0.15) is 4.90 Å². The molecule has 0 bridgehead atoms. The normalized spacial score (nSPS) is 22.2. The van der Waals surface area contributed by atoms with Crippen molar-refractivity contribution in [3.8, 4) is 0 Å². The minimum Gasteiger partial charge on any atom is -0.373 e. The third-order valence-corrected chi connectivity index (χ3v) is 7.07. The molecular weight excluding hydrogens is 400 g/mol. The average molecular weight is 431 g/mol. The summed E-state index contributed by atoms with van der Waals surface area (Å²) in [5.41, 5.74) is 0.286. The van der Waals surface area contributed by atoms with Crippen molar-refractivity contribution in [2.24, 2.45) is 5.92 Å². The smallest absolute Gasteiger partial charge is 0.251 e. The molecule has 8 heteroatoms. The number of hydrogen-bond donors (Lipinski definition) is 1. The van der Waals surface area contributed by atoms with Crippen LogP contribution in [0.3, 0.4) is 0 Å². The highest BCUT2D eigenvalue weighted by atomic mass is 35.5. The van der Waals surface area contributed by atoms with Crippen LogP contribution in [0.1, 0.15) is 57.8 Å². The molecule has 1 aromatic carbocycles. The van der Waals surface area contributed by atoms with E-state index < -0.39 is 10.0 Å². The largest absolute Gasteiger partial charge is 0.373 e. The van der Waals surface area contributed by atoms with Gasteiger partial charge in [-0.25, -0.2) is 8.42 Å². The summed E-state index contributed by atoms with van der Waals surface area (Å²) in [7, 11) is -3.82. The lowest BCUT2D eigenvalue weighted by atomic mass is 10.0. The summed E-state index contributed by atoms with van der Waals surface area (Å²) in [6.45, 7) is 10.4. The van der Waals surface area contributed by atoms with Crippen LogP contribution in [0, 0.1) is 5.92 Å². The van der Waals surface area contributed by atoms with Crippen LogP contribution in [-0.2, 0) is 14.8 Å². The van der Waals surface area contributed by atoms with Gasteiger partial charge in [0.2, 0.25) is 10.0 Å². The fraction of sp³-hybridized carbons (Fsp3) is 0.650. The van der Waals surface area contributed by atoms with E-state index in [2.05, 4.69) is 19.2 Å². The van der Waals surface area contributed by atoms with Crippen molar-refractivity contribution in [1.82, 2.24) is 9.62 Å². The standard InChI is InChI=1S/C20H31ClN2O4S/c1-13(2)6-7-14(3)22-20(24)17-8-9-18(21)19(10-17)28(25,26)23-11-15(4)27-16(5)12-23/h8-10,13-16H,6-7,11-12H2,1-5H3,(H,22,24). The molecule has 0 spiro atoms. The van der Waals surface area contributed by atoms with Crippen molar-refractivity contribution in [3.05, 3.63) is 28.8 Å². The zero-order valence-corrected chi connectivity index (χ0v) is 18.8. The minimum absolute atomic E-state index is 0.00609. The van der Waals surface area contributed by atoms with Gasteiger partial charge in [-0.05, 0) is 57.7 Å². The predicted octanol–water partition coefficient (Wildman–Crippen LogP) is 3.69. The molecule has 2 rings (SSSR count). The lowest BCUT2D eigenvalue weighted by Gasteiger charge is -2.34. The Kier molecular flexibility index (Phi) is 7.90. The molecule has 3 atom stereocenters. The number of benzene rings is 1. The molecule has 0 aliphatic carbocycles. The monoisotopic (exact) mass is 430 g/mol. The van der Waals surface area contributed by atoms with Crippen molar-refractivity contribution in [3.63, 3.8) is 0 Å². The van der Waals surface area contributed by atoms with Crippen molar-refractivity contribution >= 4 is 27.5 Å². The maximum Gasteiger partial charge on any atom is 0.251 e. The lowest BCUT2D eigenvalue weighted by Crippen LogP contribution is -2.48. The molecule has 0 saturated carbocycles. The van der Waals surface area contributed by atoms with Gasteiger partial charge in [-0.3, -0.25) is 4.79 Å². The van der Waals surface area contributed by atoms with Crippen LogP contribution >= 0.6 is 11.6 Å². The van der Waals surface area contributed by atoms with Crippen molar-refractivity contribution in [1.29, 1.82) is 0 Å². The van der Waals surface area contributed by atoms with Gasteiger partial charge < -0.3 is 10.1 Å². The summed E-state index contributed by atoms with van der Waals surface area (Å²) in [6.07, 6.45) is 1.47. The Balaban J connectivity index is 2.21. The third-order valence-electron chi connectivity index (χ3n) is 4.75. The first-order valence-electron chi connectivity index (χ1n) is 9.76. The number of halogens is 1. The van der Waals surface area contributed by atoms with Gasteiger partial charge in [-0.1, -0.05) is 25.4 Å². The summed E-state index contributed by atoms with van der Waals surface area (Å²) >= 11 is 6.20. The Hall–Kier alpha value is -1.15. The Bertz CT molecular complexity index is 787. The molecule has 1 aromatic rings. The maximum absolute atomic E-state index is 13.1. The lowest BCUT2D eigenvalue weighted by molar-refractivity contribution is -0.0440. The molecule has 3 unspecified atom stereocenters. The third kappa shape index (κ3) is 5.92. The summed E-state index contributed by atoms with van der Waals surface area (Å²) in [5.74, 6) is 0.262. The Morgan fingerprint density at radius 1 is 1.21 bits per heavy atom. The molecule has 1 fully saturated rings. The van der Waals surface area contributed by atoms with Crippen LogP contribution in [0.4, 0.5) is 0 Å². The van der Waals surface area contributed by atoms with E-state index in [9.17, 15) is 13.2 Å². The molecule has 1 saturated heterocycles. The van der Waals surface area contributed by atoms with E-state index in [0.717, 1.165) is 12.8 Å². The van der Waals surface area contributed by atoms with Crippen LogP contribution < -0.4 is 5.32 Å². The number of nitrogens with one attached hydrogen (secondary N) is 1.